The smallest absolute Gasteiger partial charge is 0.0755 e. The summed E-state index contributed by atoms with van der Waals surface area (Å²) in [7, 11) is 0. The van der Waals surface area contributed by atoms with E-state index in [1.165, 1.54) is 89.3 Å². The number of fused-ring (bicyclic) bond motifs is 12. The van der Waals surface area contributed by atoms with Crippen molar-refractivity contribution < 1.29 is 0 Å². The first-order chi connectivity index (χ1) is 32.5. The summed E-state index contributed by atoms with van der Waals surface area (Å²) in [5.41, 5.74) is 24.1. The van der Waals surface area contributed by atoms with Crippen LogP contribution in [0.15, 0.2) is 243 Å². The lowest BCUT2D eigenvalue weighted by Gasteiger charge is -2.45. The fourth-order valence-corrected chi connectivity index (χ4v) is 11.8. The third-order valence-electron chi connectivity index (χ3n) is 14.7. The first-order valence-corrected chi connectivity index (χ1v) is 23.1. The maximum atomic E-state index is 2.51. The van der Waals surface area contributed by atoms with Crippen molar-refractivity contribution in [1.82, 2.24) is 0 Å². The van der Waals surface area contributed by atoms with Crippen molar-refractivity contribution >= 4 is 34.1 Å². The minimum atomic E-state index is -0.574. The van der Waals surface area contributed by atoms with Gasteiger partial charge in [-0.1, -0.05) is 202 Å². The zero-order valence-corrected chi connectivity index (χ0v) is 37.0. The van der Waals surface area contributed by atoms with Crippen LogP contribution in [0.5, 0.6) is 0 Å². The predicted octanol–water partition coefficient (Wildman–Crippen LogP) is 16.9. The standard InChI is InChI=1S/C64H46N2/c1-63(2)52-27-12-9-25-49(52)50-41-38-45(42-57(50)63)43-36-39-47(40-37-43)65(58-32-16-11-24-48(58)44-20-5-3-6-21-44)61-35-19-31-56-62(61)51-26-10-13-28-53(51)64(56)54-29-14-17-33-59(54)66(46-22-7-4-8-23-46)60-34-18-15-30-55(60)64/h3-42H,1-2H3. The monoisotopic (exact) mass is 842 g/mol. The molecule has 3 aliphatic rings. The van der Waals surface area contributed by atoms with Crippen molar-refractivity contribution in [1.29, 1.82) is 0 Å². The Morgan fingerprint density at radius 1 is 0.333 bits per heavy atom. The molecule has 1 aliphatic heterocycles. The number of anilines is 6. The summed E-state index contributed by atoms with van der Waals surface area (Å²) in [6.45, 7) is 4.72. The summed E-state index contributed by atoms with van der Waals surface area (Å²) >= 11 is 0. The van der Waals surface area contributed by atoms with E-state index in [1.54, 1.807) is 0 Å². The van der Waals surface area contributed by atoms with Crippen molar-refractivity contribution in [3.8, 4) is 44.5 Å². The van der Waals surface area contributed by atoms with Gasteiger partial charge in [0.2, 0.25) is 0 Å². The Labute approximate surface area is 387 Å². The second kappa shape index (κ2) is 14.7. The highest BCUT2D eigenvalue weighted by Crippen LogP contribution is 2.65. The van der Waals surface area contributed by atoms with Crippen LogP contribution in [0.4, 0.5) is 34.1 Å². The van der Waals surface area contributed by atoms with E-state index in [4.69, 9.17) is 0 Å². The van der Waals surface area contributed by atoms with Crippen molar-refractivity contribution in [2.45, 2.75) is 24.7 Å². The summed E-state index contributed by atoms with van der Waals surface area (Å²) in [5, 5.41) is 0. The molecular formula is C64H46N2. The Kier molecular flexibility index (Phi) is 8.51. The highest BCUT2D eigenvalue weighted by molar-refractivity contribution is 6.02. The summed E-state index contributed by atoms with van der Waals surface area (Å²) in [5.74, 6) is 0. The number of hydrogen-bond acceptors (Lipinski definition) is 2. The molecule has 2 nitrogen and oxygen atoms in total. The molecule has 0 atom stereocenters. The molecule has 0 unspecified atom stereocenters. The van der Waals surface area contributed by atoms with E-state index < -0.39 is 5.41 Å². The molecule has 0 fully saturated rings. The van der Waals surface area contributed by atoms with Crippen molar-refractivity contribution in [2.24, 2.45) is 0 Å². The number of benzene rings is 10. The van der Waals surface area contributed by atoms with Crippen molar-refractivity contribution in [3.63, 3.8) is 0 Å². The van der Waals surface area contributed by atoms with Gasteiger partial charge in [-0.15, -0.1) is 0 Å². The van der Waals surface area contributed by atoms with E-state index in [2.05, 4.69) is 266 Å². The van der Waals surface area contributed by atoms with Gasteiger partial charge >= 0.3 is 0 Å². The van der Waals surface area contributed by atoms with Gasteiger partial charge in [-0.25, -0.2) is 0 Å². The fraction of sp³-hybridized carbons (Fsp3) is 0.0625. The lowest BCUT2D eigenvalue weighted by Crippen LogP contribution is -2.36. The second-order valence-corrected chi connectivity index (χ2v) is 18.4. The maximum Gasteiger partial charge on any atom is 0.0755 e. The Morgan fingerprint density at radius 3 is 1.56 bits per heavy atom. The quantitative estimate of drug-likeness (QED) is 0.165. The highest BCUT2D eigenvalue weighted by atomic mass is 15.2. The van der Waals surface area contributed by atoms with Crippen LogP contribution >= 0.6 is 0 Å². The zero-order valence-electron chi connectivity index (χ0n) is 37.0. The number of rotatable bonds is 6. The van der Waals surface area contributed by atoms with Crippen LogP contribution in [0.25, 0.3) is 44.5 Å². The van der Waals surface area contributed by atoms with Crippen LogP contribution in [0, 0.1) is 0 Å². The van der Waals surface area contributed by atoms with E-state index in [0.29, 0.717) is 0 Å². The van der Waals surface area contributed by atoms with Gasteiger partial charge in [0.15, 0.2) is 0 Å². The molecule has 66 heavy (non-hydrogen) atoms. The van der Waals surface area contributed by atoms with Gasteiger partial charge in [0.25, 0.3) is 0 Å². The molecule has 1 spiro atoms. The average molecular weight is 843 g/mol. The Hall–Kier alpha value is -8.20. The number of para-hydroxylation sites is 4. The molecular weight excluding hydrogens is 797 g/mol. The topological polar surface area (TPSA) is 6.48 Å². The summed E-state index contributed by atoms with van der Waals surface area (Å²) < 4.78 is 0. The van der Waals surface area contributed by atoms with Crippen molar-refractivity contribution in [3.05, 3.63) is 276 Å². The van der Waals surface area contributed by atoms with E-state index in [0.717, 1.165) is 22.7 Å². The Morgan fingerprint density at radius 2 is 0.848 bits per heavy atom. The van der Waals surface area contributed by atoms with Crippen LogP contribution in [-0.2, 0) is 10.8 Å². The molecule has 0 bridgehead atoms. The zero-order chi connectivity index (χ0) is 44.0. The molecule has 10 aromatic rings. The summed E-state index contributed by atoms with van der Waals surface area (Å²) in [6.07, 6.45) is 0. The number of hydrogen-bond donors (Lipinski definition) is 0. The molecule has 0 radical (unpaired) electrons. The summed E-state index contributed by atoms with van der Waals surface area (Å²) in [4.78, 5) is 4.96. The molecule has 0 amide bonds. The van der Waals surface area contributed by atoms with E-state index in [9.17, 15) is 0 Å². The predicted molar refractivity (Wildman–Crippen MR) is 275 cm³/mol. The first kappa shape index (κ1) is 38.3. The normalized spacial score (nSPS) is 14.1. The molecule has 0 aromatic heterocycles. The first-order valence-electron chi connectivity index (χ1n) is 23.1. The van der Waals surface area contributed by atoms with Gasteiger partial charge in [-0.3, -0.25) is 0 Å². The average Bonchev–Trinajstić information content (AvgIpc) is 3.81. The van der Waals surface area contributed by atoms with Crippen LogP contribution < -0.4 is 9.80 Å². The van der Waals surface area contributed by atoms with Gasteiger partial charge in [0, 0.05) is 27.9 Å². The molecule has 13 rings (SSSR count). The highest BCUT2D eigenvalue weighted by Gasteiger charge is 2.52. The lowest BCUT2D eigenvalue weighted by atomic mass is 9.64. The third-order valence-corrected chi connectivity index (χ3v) is 14.7. The summed E-state index contributed by atoms with van der Waals surface area (Å²) in [6, 6.07) is 90.0. The van der Waals surface area contributed by atoms with Gasteiger partial charge in [-0.2, -0.15) is 0 Å². The van der Waals surface area contributed by atoms with Crippen LogP contribution in [0.1, 0.15) is 47.2 Å². The molecule has 10 aromatic carbocycles. The Bertz CT molecular complexity index is 3460. The molecule has 0 saturated heterocycles. The molecule has 0 N–H and O–H groups in total. The van der Waals surface area contributed by atoms with Gasteiger partial charge in [0.05, 0.1) is 28.2 Å². The van der Waals surface area contributed by atoms with Crippen LogP contribution in [0.3, 0.4) is 0 Å². The SMILES string of the molecule is CC1(C)c2ccccc2-c2ccc(-c3ccc(N(c4ccccc4-c4ccccc4)c4cccc5c4-c4ccccc4C54c5ccccc5N(c5ccccc5)c5ccccc54)cc3)cc21. The molecule has 2 aliphatic carbocycles. The van der Waals surface area contributed by atoms with Crippen LogP contribution in [-0.4, -0.2) is 0 Å². The second-order valence-electron chi connectivity index (χ2n) is 18.4. The maximum absolute atomic E-state index is 2.51. The van der Waals surface area contributed by atoms with Crippen molar-refractivity contribution in [2.75, 3.05) is 9.80 Å². The van der Waals surface area contributed by atoms with Gasteiger partial charge < -0.3 is 9.80 Å². The van der Waals surface area contributed by atoms with E-state index in [1.807, 2.05) is 0 Å². The molecule has 2 heteroatoms. The molecule has 312 valence electrons. The fourth-order valence-electron chi connectivity index (χ4n) is 11.8. The van der Waals surface area contributed by atoms with Crippen LogP contribution in [0.2, 0.25) is 0 Å². The largest absolute Gasteiger partial charge is 0.310 e. The third kappa shape index (κ3) is 5.42. The lowest BCUT2D eigenvalue weighted by molar-refractivity contribution is 0.660. The minimum Gasteiger partial charge on any atom is -0.310 e. The van der Waals surface area contributed by atoms with E-state index >= 15 is 0 Å². The van der Waals surface area contributed by atoms with Gasteiger partial charge in [0.1, 0.15) is 0 Å². The molecule has 0 saturated carbocycles. The Balaban J connectivity index is 1.04. The van der Waals surface area contributed by atoms with E-state index in [-0.39, 0.29) is 5.41 Å². The van der Waals surface area contributed by atoms with Gasteiger partial charge in [-0.05, 0) is 121 Å². The minimum absolute atomic E-state index is 0.0691. The molecule has 1 heterocycles. The number of nitrogens with zero attached hydrogens (tertiary/aromatic N) is 2.